The van der Waals surface area contributed by atoms with Crippen LogP contribution in [0.1, 0.15) is 31.9 Å². The third kappa shape index (κ3) is 2.07. The molecule has 0 amide bonds. The lowest BCUT2D eigenvalue weighted by atomic mass is 10.1. The fourth-order valence-electron chi connectivity index (χ4n) is 1.90. The molecule has 0 unspecified atom stereocenters. The van der Waals surface area contributed by atoms with Crippen LogP contribution in [0.3, 0.4) is 0 Å². The van der Waals surface area contributed by atoms with Crippen molar-refractivity contribution in [2.75, 3.05) is 13.6 Å². The summed E-state index contributed by atoms with van der Waals surface area (Å²) in [6, 6.07) is 4.79. The summed E-state index contributed by atoms with van der Waals surface area (Å²) in [6.45, 7) is 1.22. The monoisotopic (exact) mass is 178 g/mol. The highest BCUT2D eigenvalue weighted by atomic mass is 15.1. The zero-order chi connectivity index (χ0) is 8.39. The number of pyridine rings is 1. The van der Waals surface area contributed by atoms with E-state index in [1.807, 2.05) is 18.5 Å². The normalized spacial score (nSPS) is 22.7. The molecule has 1 aromatic rings. The molecule has 0 aromatic carbocycles. The van der Waals surface area contributed by atoms with E-state index in [0.717, 1.165) is 0 Å². The van der Waals surface area contributed by atoms with Crippen molar-refractivity contribution in [3.05, 3.63) is 30.1 Å². The van der Waals surface area contributed by atoms with Crippen LogP contribution in [-0.4, -0.2) is 23.5 Å². The predicted octanol–water partition coefficient (Wildman–Crippen LogP) is 2.48. The van der Waals surface area contributed by atoms with Gasteiger partial charge in [-0.3, -0.25) is 9.88 Å². The Hall–Kier alpha value is -0.890. The number of hydrogen-bond acceptors (Lipinski definition) is 2. The Morgan fingerprint density at radius 2 is 2.38 bits per heavy atom. The minimum absolute atomic E-state index is 0. The first-order valence-electron chi connectivity index (χ1n) is 4.48. The minimum Gasteiger partial charge on any atom is -0.299 e. The topological polar surface area (TPSA) is 16.1 Å². The second kappa shape index (κ2) is 4.38. The van der Waals surface area contributed by atoms with Gasteiger partial charge in [0.25, 0.3) is 0 Å². The SMILES string of the molecule is C.CN1CCC[C@H]1c1cccnc1. The van der Waals surface area contributed by atoms with Gasteiger partial charge < -0.3 is 0 Å². The van der Waals surface area contributed by atoms with Gasteiger partial charge >= 0.3 is 0 Å². The molecule has 1 atom stereocenters. The highest BCUT2D eigenvalue weighted by Gasteiger charge is 2.21. The molecule has 0 saturated carbocycles. The van der Waals surface area contributed by atoms with Crippen molar-refractivity contribution in [2.24, 2.45) is 0 Å². The Labute approximate surface area is 80.6 Å². The van der Waals surface area contributed by atoms with Gasteiger partial charge in [0.2, 0.25) is 0 Å². The molecule has 0 spiro atoms. The van der Waals surface area contributed by atoms with Gasteiger partial charge in [-0.05, 0) is 38.1 Å². The van der Waals surface area contributed by atoms with E-state index >= 15 is 0 Å². The van der Waals surface area contributed by atoms with Crippen LogP contribution in [-0.2, 0) is 0 Å². The van der Waals surface area contributed by atoms with Gasteiger partial charge in [-0.2, -0.15) is 0 Å². The zero-order valence-corrected chi connectivity index (χ0v) is 7.40. The van der Waals surface area contributed by atoms with Crippen LogP contribution in [0.5, 0.6) is 0 Å². The molecule has 0 bridgehead atoms. The van der Waals surface area contributed by atoms with Crippen LogP contribution < -0.4 is 0 Å². The molecule has 1 aliphatic rings. The second-order valence-corrected chi connectivity index (χ2v) is 3.42. The maximum absolute atomic E-state index is 4.14. The number of aromatic nitrogens is 1. The van der Waals surface area contributed by atoms with Crippen molar-refractivity contribution in [1.82, 2.24) is 9.88 Å². The first-order valence-corrected chi connectivity index (χ1v) is 4.48. The van der Waals surface area contributed by atoms with Crippen LogP contribution in [0.25, 0.3) is 0 Å². The number of likely N-dealkylation sites (tertiary alicyclic amines) is 1. The average Bonchev–Trinajstić information content (AvgIpc) is 2.53. The third-order valence-electron chi connectivity index (χ3n) is 2.59. The first-order chi connectivity index (χ1) is 5.88. The fourth-order valence-corrected chi connectivity index (χ4v) is 1.90. The third-order valence-corrected chi connectivity index (χ3v) is 2.59. The minimum atomic E-state index is 0. The molecule has 1 fully saturated rings. The Morgan fingerprint density at radius 3 is 2.92 bits per heavy atom. The van der Waals surface area contributed by atoms with Crippen LogP contribution in [0, 0.1) is 0 Å². The van der Waals surface area contributed by atoms with Crippen molar-refractivity contribution in [2.45, 2.75) is 26.3 Å². The van der Waals surface area contributed by atoms with Gasteiger partial charge in [0.15, 0.2) is 0 Å². The highest BCUT2D eigenvalue weighted by molar-refractivity contribution is 5.14. The summed E-state index contributed by atoms with van der Waals surface area (Å²) in [6.07, 6.45) is 6.41. The standard InChI is InChI=1S/C10H14N2.CH4/c1-12-7-3-5-10(12)9-4-2-6-11-8-9;/h2,4,6,8,10H,3,5,7H2,1H3;1H4/t10-;/m0./s1. The van der Waals surface area contributed by atoms with E-state index in [-0.39, 0.29) is 7.43 Å². The van der Waals surface area contributed by atoms with Crippen LogP contribution in [0.4, 0.5) is 0 Å². The number of hydrogen-bond donors (Lipinski definition) is 0. The number of rotatable bonds is 1. The maximum Gasteiger partial charge on any atom is 0.0360 e. The average molecular weight is 178 g/mol. The van der Waals surface area contributed by atoms with Crippen LogP contribution >= 0.6 is 0 Å². The largest absolute Gasteiger partial charge is 0.299 e. The van der Waals surface area contributed by atoms with Gasteiger partial charge in [-0.1, -0.05) is 13.5 Å². The van der Waals surface area contributed by atoms with Gasteiger partial charge in [0.1, 0.15) is 0 Å². The van der Waals surface area contributed by atoms with E-state index < -0.39 is 0 Å². The molecule has 0 N–H and O–H groups in total. The summed E-state index contributed by atoms with van der Waals surface area (Å²) in [7, 11) is 2.19. The van der Waals surface area contributed by atoms with E-state index in [9.17, 15) is 0 Å². The Morgan fingerprint density at radius 1 is 1.54 bits per heavy atom. The van der Waals surface area contributed by atoms with E-state index in [1.54, 1.807) is 0 Å². The fraction of sp³-hybridized carbons (Fsp3) is 0.545. The summed E-state index contributed by atoms with van der Waals surface area (Å²) in [5, 5.41) is 0. The Bertz CT molecular complexity index is 246. The van der Waals surface area contributed by atoms with Gasteiger partial charge in [0, 0.05) is 18.4 Å². The predicted molar refractivity (Wildman–Crippen MR) is 55.6 cm³/mol. The van der Waals surface area contributed by atoms with Crippen molar-refractivity contribution in [1.29, 1.82) is 0 Å². The quantitative estimate of drug-likeness (QED) is 0.656. The molecule has 72 valence electrons. The molecule has 13 heavy (non-hydrogen) atoms. The molecule has 1 aromatic heterocycles. The van der Waals surface area contributed by atoms with E-state index in [4.69, 9.17) is 0 Å². The van der Waals surface area contributed by atoms with Gasteiger partial charge in [-0.15, -0.1) is 0 Å². The molecule has 2 heterocycles. The maximum atomic E-state index is 4.14. The first kappa shape index (κ1) is 10.2. The lowest BCUT2D eigenvalue weighted by molar-refractivity contribution is 0.317. The second-order valence-electron chi connectivity index (χ2n) is 3.42. The molecule has 0 aliphatic carbocycles. The van der Waals surface area contributed by atoms with Crippen molar-refractivity contribution in [3.8, 4) is 0 Å². The molecule has 2 nitrogen and oxygen atoms in total. The van der Waals surface area contributed by atoms with Crippen molar-refractivity contribution < 1.29 is 0 Å². The molecular weight excluding hydrogens is 160 g/mol. The Balaban J connectivity index is 0.000000845. The van der Waals surface area contributed by atoms with E-state index in [1.165, 1.54) is 24.9 Å². The summed E-state index contributed by atoms with van der Waals surface area (Å²) in [5.41, 5.74) is 1.36. The molecular formula is C11H18N2. The summed E-state index contributed by atoms with van der Waals surface area (Å²) in [5.74, 6) is 0. The molecule has 1 aliphatic heterocycles. The highest BCUT2D eigenvalue weighted by Crippen LogP contribution is 2.29. The van der Waals surface area contributed by atoms with Crippen molar-refractivity contribution >= 4 is 0 Å². The molecule has 1 saturated heterocycles. The summed E-state index contributed by atoms with van der Waals surface area (Å²) in [4.78, 5) is 6.54. The van der Waals surface area contributed by atoms with Gasteiger partial charge in [0.05, 0.1) is 0 Å². The van der Waals surface area contributed by atoms with Crippen LogP contribution in [0.2, 0.25) is 0 Å². The summed E-state index contributed by atoms with van der Waals surface area (Å²) < 4.78 is 0. The van der Waals surface area contributed by atoms with Gasteiger partial charge in [-0.25, -0.2) is 0 Å². The van der Waals surface area contributed by atoms with Crippen LogP contribution in [0.15, 0.2) is 24.5 Å². The van der Waals surface area contributed by atoms with Crippen molar-refractivity contribution in [3.63, 3.8) is 0 Å². The van der Waals surface area contributed by atoms with E-state index in [0.29, 0.717) is 6.04 Å². The zero-order valence-electron chi connectivity index (χ0n) is 7.40. The van der Waals surface area contributed by atoms with E-state index in [2.05, 4.69) is 23.0 Å². The molecule has 2 rings (SSSR count). The molecule has 2 heteroatoms. The number of nitrogens with zero attached hydrogens (tertiary/aromatic N) is 2. The lowest BCUT2D eigenvalue weighted by Crippen LogP contribution is -2.17. The summed E-state index contributed by atoms with van der Waals surface area (Å²) >= 11 is 0. The molecule has 0 radical (unpaired) electrons. The lowest BCUT2D eigenvalue weighted by Gasteiger charge is -2.18. The Kier molecular flexibility index (Phi) is 3.43. The smallest absolute Gasteiger partial charge is 0.0360 e.